The molecule has 5 heteroatoms. The van der Waals surface area contributed by atoms with E-state index in [1.807, 2.05) is 19.1 Å². The maximum absolute atomic E-state index is 12.6. The van der Waals surface area contributed by atoms with E-state index in [-0.39, 0.29) is 16.9 Å². The van der Waals surface area contributed by atoms with Crippen LogP contribution in [0.1, 0.15) is 50.0 Å². The predicted molar refractivity (Wildman–Crippen MR) is 108 cm³/mol. The van der Waals surface area contributed by atoms with E-state index in [1.54, 1.807) is 54.6 Å². The fourth-order valence-electron chi connectivity index (χ4n) is 2.83. The quantitative estimate of drug-likeness (QED) is 0.343. The molecule has 3 aromatic carbocycles. The lowest BCUT2D eigenvalue weighted by Crippen LogP contribution is -2.14. The van der Waals surface area contributed by atoms with Gasteiger partial charge in [-0.2, -0.15) is 0 Å². The first-order chi connectivity index (χ1) is 14.1. The molecular weight excluding hydrogens is 368 g/mol. The second-order valence-electron chi connectivity index (χ2n) is 6.37. The van der Waals surface area contributed by atoms with Crippen LogP contribution in [0.4, 0.5) is 0 Å². The Hall–Kier alpha value is -3.73. The third kappa shape index (κ3) is 5.17. The highest BCUT2D eigenvalue weighted by Gasteiger charge is 2.17. The van der Waals surface area contributed by atoms with E-state index in [2.05, 4.69) is 0 Å². The summed E-state index contributed by atoms with van der Waals surface area (Å²) in [7, 11) is 0. The Balaban J connectivity index is 1.72. The van der Waals surface area contributed by atoms with E-state index in [0.717, 1.165) is 18.4 Å². The number of carbonyl (C=O) groups excluding carboxylic acids is 3. The number of hydrogen-bond acceptors (Lipinski definition) is 5. The van der Waals surface area contributed by atoms with Gasteiger partial charge in [0.15, 0.2) is 0 Å². The fraction of sp³-hybridized carbons (Fsp3) is 0.125. The van der Waals surface area contributed by atoms with E-state index >= 15 is 0 Å². The first-order valence-electron chi connectivity index (χ1n) is 9.30. The van der Waals surface area contributed by atoms with Crippen LogP contribution in [0.5, 0.6) is 5.75 Å². The van der Waals surface area contributed by atoms with Gasteiger partial charge < -0.3 is 9.47 Å². The molecule has 0 aliphatic heterocycles. The minimum absolute atomic E-state index is 0.112. The normalized spacial score (nSPS) is 10.2. The van der Waals surface area contributed by atoms with E-state index in [1.165, 1.54) is 12.1 Å². The highest BCUT2D eigenvalue weighted by atomic mass is 16.6. The van der Waals surface area contributed by atoms with Crippen LogP contribution in [-0.2, 0) is 11.2 Å². The van der Waals surface area contributed by atoms with Crippen LogP contribution < -0.4 is 4.74 Å². The molecule has 0 N–H and O–H groups in total. The standard InChI is InChI=1S/C24H20O5/c1-2-9-17-10-6-7-15-21(17)24(27)28-20-14-8-13-19(16-20)23(26)29-22(25)18-11-4-3-5-12-18/h3-8,10-16H,2,9H2,1H3. The molecule has 146 valence electrons. The van der Waals surface area contributed by atoms with E-state index in [0.29, 0.717) is 5.56 Å². The summed E-state index contributed by atoms with van der Waals surface area (Å²) in [6, 6.07) is 21.5. The molecule has 5 nitrogen and oxygen atoms in total. The minimum atomic E-state index is -0.817. The Kier molecular flexibility index (Phi) is 6.53. The lowest BCUT2D eigenvalue weighted by molar-refractivity contribution is 0.0396. The van der Waals surface area contributed by atoms with Crippen molar-refractivity contribution in [3.05, 3.63) is 101 Å². The smallest absolute Gasteiger partial charge is 0.346 e. The van der Waals surface area contributed by atoms with Crippen LogP contribution in [0, 0.1) is 0 Å². The summed E-state index contributed by atoms with van der Waals surface area (Å²) in [6.45, 7) is 2.04. The van der Waals surface area contributed by atoms with Gasteiger partial charge in [0, 0.05) is 0 Å². The second kappa shape index (κ2) is 9.46. The van der Waals surface area contributed by atoms with Crippen molar-refractivity contribution in [1.82, 2.24) is 0 Å². The lowest BCUT2D eigenvalue weighted by atomic mass is 10.0. The average molecular weight is 388 g/mol. The average Bonchev–Trinajstić information content (AvgIpc) is 2.75. The van der Waals surface area contributed by atoms with Crippen molar-refractivity contribution in [2.24, 2.45) is 0 Å². The molecule has 0 saturated carbocycles. The first kappa shape index (κ1) is 20.0. The summed E-state index contributed by atoms with van der Waals surface area (Å²) in [5.41, 5.74) is 1.78. The molecule has 0 spiro atoms. The van der Waals surface area contributed by atoms with Crippen LogP contribution in [0.25, 0.3) is 0 Å². The van der Waals surface area contributed by atoms with Crippen molar-refractivity contribution < 1.29 is 23.9 Å². The Morgan fingerprint density at radius 2 is 1.38 bits per heavy atom. The van der Waals surface area contributed by atoms with Crippen LogP contribution in [0.2, 0.25) is 0 Å². The molecule has 0 unspecified atom stereocenters. The molecule has 0 aliphatic rings. The number of hydrogen-bond donors (Lipinski definition) is 0. The zero-order valence-electron chi connectivity index (χ0n) is 16.0. The summed E-state index contributed by atoms with van der Waals surface area (Å²) in [5, 5.41) is 0. The van der Waals surface area contributed by atoms with Crippen molar-refractivity contribution in [1.29, 1.82) is 0 Å². The van der Waals surface area contributed by atoms with Gasteiger partial charge in [-0.05, 0) is 48.4 Å². The zero-order valence-corrected chi connectivity index (χ0v) is 16.0. The summed E-state index contributed by atoms with van der Waals surface area (Å²) in [5.74, 6) is -1.86. The van der Waals surface area contributed by atoms with Crippen molar-refractivity contribution in [3.8, 4) is 5.75 Å². The van der Waals surface area contributed by atoms with Crippen molar-refractivity contribution in [2.45, 2.75) is 19.8 Å². The van der Waals surface area contributed by atoms with Gasteiger partial charge in [-0.3, -0.25) is 0 Å². The summed E-state index contributed by atoms with van der Waals surface area (Å²) >= 11 is 0. The van der Waals surface area contributed by atoms with Gasteiger partial charge in [-0.1, -0.05) is 55.8 Å². The number of rotatable bonds is 6. The number of aryl methyl sites for hydroxylation is 1. The highest BCUT2D eigenvalue weighted by Crippen LogP contribution is 2.19. The zero-order chi connectivity index (χ0) is 20.6. The van der Waals surface area contributed by atoms with Gasteiger partial charge in [-0.15, -0.1) is 0 Å². The van der Waals surface area contributed by atoms with Gasteiger partial charge in [0.05, 0.1) is 16.7 Å². The van der Waals surface area contributed by atoms with Crippen LogP contribution >= 0.6 is 0 Å². The largest absolute Gasteiger partial charge is 0.423 e. The van der Waals surface area contributed by atoms with E-state index in [4.69, 9.17) is 9.47 Å². The Labute approximate surface area is 168 Å². The number of benzene rings is 3. The van der Waals surface area contributed by atoms with Crippen LogP contribution in [-0.4, -0.2) is 17.9 Å². The molecule has 0 radical (unpaired) electrons. The Morgan fingerprint density at radius 3 is 2.14 bits per heavy atom. The van der Waals surface area contributed by atoms with Crippen molar-refractivity contribution in [2.75, 3.05) is 0 Å². The molecule has 29 heavy (non-hydrogen) atoms. The first-order valence-corrected chi connectivity index (χ1v) is 9.30. The van der Waals surface area contributed by atoms with Crippen LogP contribution in [0.3, 0.4) is 0 Å². The monoisotopic (exact) mass is 388 g/mol. The Bertz CT molecular complexity index is 1020. The van der Waals surface area contributed by atoms with Crippen LogP contribution in [0.15, 0.2) is 78.9 Å². The minimum Gasteiger partial charge on any atom is -0.423 e. The molecule has 0 fully saturated rings. The molecular formula is C24H20O5. The maximum atomic E-state index is 12.6. The van der Waals surface area contributed by atoms with Gasteiger partial charge >= 0.3 is 17.9 Å². The molecule has 3 aromatic rings. The molecule has 0 amide bonds. The topological polar surface area (TPSA) is 69.7 Å². The van der Waals surface area contributed by atoms with E-state index in [9.17, 15) is 14.4 Å². The van der Waals surface area contributed by atoms with Gasteiger partial charge in [-0.25, -0.2) is 14.4 Å². The molecule has 0 bridgehead atoms. The predicted octanol–water partition coefficient (Wildman–Crippen LogP) is 4.86. The van der Waals surface area contributed by atoms with Gasteiger partial charge in [0.1, 0.15) is 5.75 Å². The van der Waals surface area contributed by atoms with Gasteiger partial charge in [0.2, 0.25) is 0 Å². The van der Waals surface area contributed by atoms with Gasteiger partial charge in [0.25, 0.3) is 0 Å². The number of carbonyl (C=O) groups is 3. The van der Waals surface area contributed by atoms with E-state index < -0.39 is 17.9 Å². The Morgan fingerprint density at radius 1 is 0.724 bits per heavy atom. The molecule has 0 aliphatic carbocycles. The van der Waals surface area contributed by atoms with Crippen molar-refractivity contribution >= 4 is 17.9 Å². The molecule has 3 rings (SSSR count). The number of ether oxygens (including phenoxy) is 2. The van der Waals surface area contributed by atoms with Crippen molar-refractivity contribution in [3.63, 3.8) is 0 Å². The summed E-state index contributed by atoms with van der Waals surface area (Å²) in [6.07, 6.45) is 1.67. The fourth-order valence-corrected chi connectivity index (χ4v) is 2.83. The lowest BCUT2D eigenvalue weighted by Gasteiger charge is -2.09. The maximum Gasteiger partial charge on any atom is 0.346 e. The third-order valence-electron chi connectivity index (χ3n) is 4.23. The summed E-state index contributed by atoms with van der Waals surface area (Å²) < 4.78 is 10.3. The molecule has 0 saturated heterocycles. The molecule has 0 heterocycles. The summed E-state index contributed by atoms with van der Waals surface area (Å²) in [4.78, 5) is 36.9. The highest BCUT2D eigenvalue weighted by molar-refractivity contribution is 6.02. The molecule has 0 atom stereocenters. The number of esters is 3. The molecule has 0 aromatic heterocycles. The third-order valence-corrected chi connectivity index (χ3v) is 4.23. The second-order valence-corrected chi connectivity index (χ2v) is 6.37. The SMILES string of the molecule is CCCc1ccccc1C(=O)Oc1cccc(C(=O)OC(=O)c2ccccc2)c1.